The zero-order valence-electron chi connectivity index (χ0n) is 12.9. The monoisotopic (exact) mass is 291 g/mol. The molecule has 0 bridgehead atoms. The Hall–Kier alpha value is -2.35. The van der Waals surface area contributed by atoms with E-state index in [2.05, 4.69) is 53.6 Å². The van der Waals surface area contributed by atoms with Crippen molar-refractivity contribution in [1.82, 2.24) is 4.98 Å². The number of fused-ring (bicyclic) bond motifs is 1. The van der Waals surface area contributed by atoms with Gasteiger partial charge in [-0.3, -0.25) is 0 Å². The van der Waals surface area contributed by atoms with E-state index >= 15 is 0 Å². The van der Waals surface area contributed by atoms with Crippen LogP contribution in [0.25, 0.3) is 10.9 Å². The Kier molecular flexibility index (Phi) is 4.38. The van der Waals surface area contributed by atoms with Crippen molar-refractivity contribution >= 4 is 16.7 Å². The fourth-order valence-electron chi connectivity index (χ4n) is 3.13. The Morgan fingerprint density at radius 2 is 1.77 bits per heavy atom. The number of Topliss-reactive ketones (excluding diaryl/α,β-unsaturated/α-hetero) is 1. The summed E-state index contributed by atoms with van der Waals surface area (Å²) < 4.78 is 0. The third kappa shape index (κ3) is 3.28. The van der Waals surface area contributed by atoms with Gasteiger partial charge in [-0.15, -0.1) is 0 Å². The Bertz CT molecular complexity index is 757. The van der Waals surface area contributed by atoms with Crippen molar-refractivity contribution in [1.29, 1.82) is 0 Å². The molecule has 0 aliphatic carbocycles. The van der Waals surface area contributed by atoms with Crippen LogP contribution in [0, 0.1) is 0 Å². The fourth-order valence-corrected chi connectivity index (χ4v) is 3.13. The number of nitrogens with one attached hydrogen (secondary N) is 1. The first-order valence-corrected chi connectivity index (χ1v) is 7.83. The van der Waals surface area contributed by atoms with Gasteiger partial charge in [0.25, 0.3) is 0 Å². The van der Waals surface area contributed by atoms with E-state index in [4.69, 9.17) is 0 Å². The van der Waals surface area contributed by atoms with E-state index in [9.17, 15) is 4.79 Å². The summed E-state index contributed by atoms with van der Waals surface area (Å²) in [5, 5.41) is 1.24. The van der Waals surface area contributed by atoms with Gasteiger partial charge in [0, 0.05) is 23.5 Å². The highest BCUT2D eigenvalue weighted by atomic mass is 16.1. The lowest BCUT2D eigenvalue weighted by molar-refractivity contribution is -0.117. The van der Waals surface area contributed by atoms with Crippen molar-refractivity contribution in [2.24, 2.45) is 0 Å². The third-order valence-electron chi connectivity index (χ3n) is 4.22. The van der Waals surface area contributed by atoms with Crippen LogP contribution in [0.4, 0.5) is 0 Å². The summed E-state index contributed by atoms with van der Waals surface area (Å²) >= 11 is 0. The molecule has 2 aromatic carbocycles. The molecular weight excluding hydrogens is 270 g/mol. The molecule has 0 amide bonds. The zero-order chi connectivity index (χ0) is 15.4. The molecule has 0 saturated carbocycles. The van der Waals surface area contributed by atoms with Gasteiger partial charge in [0.1, 0.15) is 5.78 Å². The predicted molar refractivity (Wildman–Crippen MR) is 91.1 cm³/mol. The van der Waals surface area contributed by atoms with Crippen molar-refractivity contribution in [2.75, 3.05) is 0 Å². The minimum Gasteiger partial charge on any atom is -0.361 e. The van der Waals surface area contributed by atoms with E-state index in [1.807, 2.05) is 12.1 Å². The lowest BCUT2D eigenvalue weighted by Gasteiger charge is -2.15. The van der Waals surface area contributed by atoms with Gasteiger partial charge < -0.3 is 9.78 Å². The number of hydrogen-bond donors (Lipinski definition) is 1. The van der Waals surface area contributed by atoms with Crippen LogP contribution in [0.2, 0.25) is 0 Å². The van der Waals surface area contributed by atoms with Crippen LogP contribution < -0.4 is 0 Å². The number of benzene rings is 2. The zero-order valence-corrected chi connectivity index (χ0v) is 12.9. The Balaban J connectivity index is 1.84. The topological polar surface area (TPSA) is 32.9 Å². The van der Waals surface area contributed by atoms with Crippen molar-refractivity contribution < 1.29 is 4.79 Å². The molecule has 2 heteroatoms. The van der Waals surface area contributed by atoms with Gasteiger partial charge >= 0.3 is 0 Å². The highest BCUT2D eigenvalue weighted by Crippen LogP contribution is 2.31. The molecule has 1 aromatic heterocycles. The quantitative estimate of drug-likeness (QED) is 0.691. The number of carbonyl (C=O) groups excluding carboxylic acids is 1. The van der Waals surface area contributed by atoms with Crippen LogP contribution in [-0.2, 0) is 11.2 Å². The molecule has 3 aromatic rings. The van der Waals surface area contributed by atoms with E-state index in [0.29, 0.717) is 6.42 Å². The molecular formula is C20H21NO. The highest BCUT2D eigenvalue weighted by molar-refractivity contribution is 5.85. The molecule has 0 aliphatic rings. The van der Waals surface area contributed by atoms with E-state index in [0.717, 1.165) is 18.4 Å². The molecule has 0 saturated heterocycles. The first kappa shape index (κ1) is 14.6. The maximum Gasteiger partial charge on any atom is 0.130 e. The Morgan fingerprint density at radius 3 is 2.55 bits per heavy atom. The molecule has 22 heavy (non-hydrogen) atoms. The largest absolute Gasteiger partial charge is 0.361 e. The molecule has 0 fully saturated rings. The van der Waals surface area contributed by atoms with Gasteiger partial charge in [0.15, 0.2) is 0 Å². The molecule has 0 unspecified atom stereocenters. The maximum atomic E-state index is 11.7. The van der Waals surface area contributed by atoms with Crippen molar-refractivity contribution in [2.45, 2.75) is 32.1 Å². The summed E-state index contributed by atoms with van der Waals surface area (Å²) in [5.41, 5.74) is 3.74. The molecule has 2 nitrogen and oxygen atoms in total. The lowest BCUT2D eigenvalue weighted by Crippen LogP contribution is -2.05. The normalized spacial score (nSPS) is 12.4. The molecule has 1 atom stereocenters. The summed E-state index contributed by atoms with van der Waals surface area (Å²) in [4.78, 5) is 15.0. The SMILES string of the molecule is CC(=O)C[C@@H](CCc1ccccc1)c1c[nH]c2ccccc12. The van der Waals surface area contributed by atoms with Crippen LogP contribution >= 0.6 is 0 Å². The standard InChI is InChI=1S/C20H21NO/c1-15(22)13-17(12-11-16-7-3-2-4-8-16)19-14-21-20-10-6-5-9-18(19)20/h2-10,14,17,21H,11-13H2,1H3/t17-/m1/s1. The van der Waals surface area contributed by atoms with Gasteiger partial charge in [-0.1, -0.05) is 48.5 Å². The number of aromatic amines is 1. The molecule has 1 N–H and O–H groups in total. The second-order valence-corrected chi connectivity index (χ2v) is 5.92. The van der Waals surface area contributed by atoms with Gasteiger partial charge in [-0.05, 0) is 42.9 Å². The fraction of sp³-hybridized carbons (Fsp3) is 0.250. The van der Waals surface area contributed by atoms with Crippen molar-refractivity contribution in [3.8, 4) is 0 Å². The summed E-state index contributed by atoms with van der Waals surface area (Å²) in [6.07, 6.45) is 4.67. The van der Waals surface area contributed by atoms with Crippen molar-refractivity contribution in [3.63, 3.8) is 0 Å². The Labute approximate surface area is 131 Å². The second kappa shape index (κ2) is 6.61. The van der Waals surface area contributed by atoms with Crippen molar-refractivity contribution in [3.05, 3.63) is 71.9 Å². The van der Waals surface area contributed by atoms with Gasteiger partial charge in [0.05, 0.1) is 0 Å². The number of hydrogen-bond acceptors (Lipinski definition) is 1. The molecule has 0 aliphatic heterocycles. The Morgan fingerprint density at radius 1 is 1.05 bits per heavy atom. The minimum atomic E-state index is 0.253. The molecule has 1 heterocycles. The number of aromatic nitrogens is 1. The van der Waals surface area contributed by atoms with Gasteiger partial charge in [-0.2, -0.15) is 0 Å². The van der Waals surface area contributed by atoms with Crippen LogP contribution in [0.5, 0.6) is 0 Å². The molecule has 3 rings (SSSR count). The number of H-pyrrole nitrogens is 1. The molecule has 0 radical (unpaired) electrons. The first-order valence-electron chi connectivity index (χ1n) is 7.83. The van der Waals surface area contributed by atoms with Crippen LogP contribution in [-0.4, -0.2) is 10.8 Å². The van der Waals surface area contributed by atoms with Gasteiger partial charge in [-0.25, -0.2) is 0 Å². The summed E-state index contributed by atoms with van der Waals surface area (Å²) in [6.45, 7) is 1.68. The average Bonchev–Trinajstić information content (AvgIpc) is 2.96. The second-order valence-electron chi connectivity index (χ2n) is 5.92. The van der Waals surface area contributed by atoms with E-state index in [1.165, 1.54) is 16.5 Å². The highest BCUT2D eigenvalue weighted by Gasteiger charge is 2.17. The van der Waals surface area contributed by atoms with Crippen LogP contribution in [0.3, 0.4) is 0 Å². The minimum absolute atomic E-state index is 0.253. The summed E-state index contributed by atoms with van der Waals surface area (Å²) in [5.74, 6) is 0.525. The first-order chi connectivity index (χ1) is 10.7. The van der Waals surface area contributed by atoms with E-state index < -0.39 is 0 Å². The predicted octanol–water partition coefficient (Wildman–Crippen LogP) is 4.86. The molecule has 0 spiro atoms. The summed E-state index contributed by atoms with van der Waals surface area (Å²) in [7, 11) is 0. The number of rotatable bonds is 6. The third-order valence-corrected chi connectivity index (χ3v) is 4.22. The summed E-state index contributed by atoms with van der Waals surface area (Å²) in [6, 6.07) is 18.8. The lowest BCUT2D eigenvalue weighted by atomic mass is 9.88. The van der Waals surface area contributed by atoms with Crippen LogP contribution in [0.1, 0.15) is 36.8 Å². The smallest absolute Gasteiger partial charge is 0.130 e. The van der Waals surface area contributed by atoms with Crippen LogP contribution in [0.15, 0.2) is 60.8 Å². The molecule has 112 valence electrons. The maximum absolute atomic E-state index is 11.7. The van der Waals surface area contributed by atoms with E-state index in [1.54, 1.807) is 6.92 Å². The number of aryl methyl sites for hydroxylation is 1. The number of carbonyl (C=O) groups is 1. The van der Waals surface area contributed by atoms with Gasteiger partial charge in [0.2, 0.25) is 0 Å². The average molecular weight is 291 g/mol. The number of para-hydroxylation sites is 1. The number of ketones is 1. The van der Waals surface area contributed by atoms with E-state index in [-0.39, 0.29) is 11.7 Å².